The van der Waals surface area contributed by atoms with E-state index in [4.69, 9.17) is 5.26 Å². The summed E-state index contributed by atoms with van der Waals surface area (Å²) in [4.78, 5) is 11.7. The van der Waals surface area contributed by atoms with Crippen LogP contribution in [0.5, 0.6) is 0 Å². The van der Waals surface area contributed by atoms with Crippen LogP contribution in [-0.2, 0) is 21.1 Å². The van der Waals surface area contributed by atoms with Crippen molar-refractivity contribution < 1.29 is 13.2 Å². The van der Waals surface area contributed by atoms with Crippen LogP contribution in [-0.4, -0.2) is 32.9 Å². The number of rotatable bonds is 6. The maximum absolute atomic E-state index is 11.7. The van der Waals surface area contributed by atoms with Gasteiger partial charge in [0.15, 0.2) is 0 Å². The van der Waals surface area contributed by atoms with Crippen molar-refractivity contribution in [2.45, 2.75) is 6.42 Å². The molecule has 0 saturated carbocycles. The van der Waals surface area contributed by atoms with E-state index in [9.17, 15) is 13.2 Å². The Labute approximate surface area is 113 Å². The van der Waals surface area contributed by atoms with E-state index in [1.165, 1.54) is 0 Å². The lowest BCUT2D eigenvalue weighted by Gasteiger charge is -2.09. The molecular weight excluding hydrogens is 264 g/mol. The lowest BCUT2D eigenvalue weighted by molar-refractivity contribution is -0.123. The molecule has 1 unspecified atom stereocenters. The molecule has 102 valence electrons. The monoisotopic (exact) mass is 280 g/mol. The first-order valence-corrected chi connectivity index (χ1v) is 7.87. The van der Waals surface area contributed by atoms with Gasteiger partial charge in [0.25, 0.3) is 0 Å². The van der Waals surface area contributed by atoms with Crippen molar-refractivity contribution in [3.63, 3.8) is 0 Å². The summed E-state index contributed by atoms with van der Waals surface area (Å²) in [5.41, 5.74) is 0.896. The third-order valence-electron chi connectivity index (χ3n) is 2.53. The van der Waals surface area contributed by atoms with Crippen molar-refractivity contribution in [3.05, 3.63) is 35.9 Å². The highest BCUT2D eigenvalue weighted by Crippen LogP contribution is 2.08. The third kappa shape index (κ3) is 6.02. The summed E-state index contributed by atoms with van der Waals surface area (Å²) in [6, 6.07) is 11.2. The second-order valence-electron chi connectivity index (χ2n) is 4.29. The summed E-state index contributed by atoms with van der Waals surface area (Å²) in [7, 11) is -3.11. The second-order valence-corrected chi connectivity index (χ2v) is 6.55. The van der Waals surface area contributed by atoms with Crippen LogP contribution in [0.4, 0.5) is 0 Å². The molecule has 0 radical (unpaired) electrons. The number of amides is 1. The van der Waals surface area contributed by atoms with Gasteiger partial charge in [0.1, 0.15) is 15.8 Å². The Bertz CT molecular complexity index is 561. The van der Waals surface area contributed by atoms with Crippen molar-refractivity contribution in [1.82, 2.24) is 5.32 Å². The maximum Gasteiger partial charge on any atom is 0.237 e. The zero-order valence-electron chi connectivity index (χ0n) is 10.7. The fourth-order valence-electron chi connectivity index (χ4n) is 1.53. The molecule has 0 spiro atoms. The second kappa shape index (κ2) is 6.90. The molecule has 0 fully saturated rings. The molecule has 0 heterocycles. The molecular formula is C13H16N2O3S. The van der Waals surface area contributed by atoms with Gasteiger partial charge in [-0.05, 0) is 12.0 Å². The zero-order valence-corrected chi connectivity index (χ0v) is 11.5. The lowest BCUT2D eigenvalue weighted by Crippen LogP contribution is -2.34. The average molecular weight is 280 g/mol. The van der Waals surface area contributed by atoms with Gasteiger partial charge in [0.05, 0.1) is 11.8 Å². The molecule has 1 N–H and O–H groups in total. The molecule has 6 heteroatoms. The van der Waals surface area contributed by atoms with E-state index in [0.717, 1.165) is 11.8 Å². The lowest BCUT2D eigenvalue weighted by atomic mass is 10.00. The predicted molar refractivity (Wildman–Crippen MR) is 72.0 cm³/mol. The van der Waals surface area contributed by atoms with Gasteiger partial charge in [0, 0.05) is 12.8 Å². The van der Waals surface area contributed by atoms with Crippen molar-refractivity contribution in [2.24, 2.45) is 5.92 Å². The van der Waals surface area contributed by atoms with Crippen molar-refractivity contribution in [3.8, 4) is 6.07 Å². The number of benzene rings is 1. The number of nitrogens with zero attached hydrogens (tertiary/aromatic N) is 1. The molecule has 1 aromatic carbocycles. The Morgan fingerprint density at radius 3 is 2.53 bits per heavy atom. The van der Waals surface area contributed by atoms with E-state index in [1.54, 1.807) is 0 Å². The fourth-order valence-corrected chi connectivity index (χ4v) is 2.00. The smallest absolute Gasteiger partial charge is 0.237 e. The first-order valence-electron chi connectivity index (χ1n) is 5.81. The molecule has 0 saturated heterocycles. The van der Waals surface area contributed by atoms with Crippen LogP contribution in [0.25, 0.3) is 0 Å². The van der Waals surface area contributed by atoms with Crippen LogP contribution >= 0.6 is 0 Å². The van der Waals surface area contributed by atoms with E-state index >= 15 is 0 Å². The van der Waals surface area contributed by atoms with Crippen LogP contribution in [0.1, 0.15) is 5.56 Å². The molecule has 0 bridgehead atoms. The Hall–Kier alpha value is -1.87. The Balaban J connectivity index is 2.52. The molecule has 1 atom stereocenters. The molecule has 0 aliphatic heterocycles. The molecule has 0 aliphatic rings. The molecule has 1 rings (SSSR count). The number of carbonyl (C=O) groups excluding carboxylic acids is 1. The highest BCUT2D eigenvalue weighted by atomic mass is 32.2. The number of hydrogen-bond acceptors (Lipinski definition) is 4. The molecule has 5 nitrogen and oxygen atoms in total. The Kier molecular flexibility index (Phi) is 5.52. The van der Waals surface area contributed by atoms with Crippen LogP contribution in [0, 0.1) is 17.2 Å². The van der Waals surface area contributed by atoms with Crippen molar-refractivity contribution in [1.29, 1.82) is 5.26 Å². The topological polar surface area (TPSA) is 87.0 Å². The average Bonchev–Trinajstić information content (AvgIpc) is 2.35. The minimum absolute atomic E-state index is 0.0324. The van der Waals surface area contributed by atoms with Gasteiger partial charge in [-0.15, -0.1) is 0 Å². The van der Waals surface area contributed by atoms with Gasteiger partial charge in [-0.1, -0.05) is 30.3 Å². The van der Waals surface area contributed by atoms with Gasteiger partial charge in [0.2, 0.25) is 5.91 Å². The third-order valence-corrected chi connectivity index (χ3v) is 3.47. The SMILES string of the molecule is CS(=O)(=O)CCNC(=O)C(C#N)Cc1ccccc1. The van der Waals surface area contributed by atoms with Gasteiger partial charge in [-0.2, -0.15) is 5.26 Å². The van der Waals surface area contributed by atoms with Crippen LogP contribution < -0.4 is 5.32 Å². The van der Waals surface area contributed by atoms with Crippen LogP contribution in [0.3, 0.4) is 0 Å². The minimum Gasteiger partial charge on any atom is -0.354 e. The quantitative estimate of drug-likeness (QED) is 0.823. The van der Waals surface area contributed by atoms with E-state index < -0.39 is 21.7 Å². The zero-order chi connectivity index (χ0) is 14.3. The van der Waals surface area contributed by atoms with E-state index in [1.807, 2.05) is 36.4 Å². The van der Waals surface area contributed by atoms with Gasteiger partial charge < -0.3 is 5.32 Å². The molecule has 1 aromatic rings. The summed E-state index contributed by atoms with van der Waals surface area (Å²) < 4.78 is 21.9. The van der Waals surface area contributed by atoms with Crippen molar-refractivity contribution >= 4 is 15.7 Å². The van der Waals surface area contributed by atoms with Crippen molar-refractivity contribution in [2.75, 3.05) is 18.6 Å². The molecule has 1 amide bonds. The highest BCUT2D eigenvalue weighted by Gasteiger charge is 2.18. The summed E-state index contributed by atoms with van der Waals surface area (Å²) in [5, 5.41) is 11.5. The Morgan fingerprint density at radius 2 is 2.00 bits per heavy atom. The molecule has 19 heavy (non-hydrogen) atoms. The summed E-state index contributed by atoms with van der Waals surface area (Å²) >= 11 is 0. The standard InChI is InChI=1S/C13H16N2O3S/c1-19(17,18)8-7-15-13(16)12(10-14)9-11-5-3-2-4-6-11/h2-6,12H,7-9H2,1H3,(H,15,16). The first kappa shape index (κ1) is 15.2. The fraction of sp³-hybridized carbons (Fsp3) is 0.385. The number of carbonyl (C=O) groups is 1. The predicted octanol–water partition coefficient (Wildman–Crippen LogP) is 0.530. The minimum atomic E-state index is -3.11. The summed E-state index contributed by atoms with van der Waals surface area (Å²) in [6.45, 7) is 0.0324. The number of sulfone groups is 1. The number of hydrogen-bond donors (Lipinski definition) is 1. The van der Waals surface area contributed by atoms with Gasteiger partial charge in [-0.25, -0.2) is 8.42 Å². The van der Waals surface area contributed by atoms with E-state index in [2.05, 4.69) is 5.32 Å². The first-order chi connectivity index (χ1) is 8.92. The van der Waals surface area contributed by atoms with E-state index in [-0.39, 0.29) is 12.3 Å². The molecule has 0 aromatic heterocycles. The Morgan fingerprint density at radius 1 is 1.37 bits per heavy atom. The normalized spacial score (nSPS) is 12.4. The van der Waals surface area contributed by atoms with Gasteiger partial charge >= 0.3 is 0 Å². The summed E-state index contributed by atoms with van der Waals surface area (Å²) in [6.07, 6.45) is 1.42. The largest absolute Gasteiger partial charge is 0.354 e. The summed E-state index contributed by atoms with van der Waals surface area (Å²) in [5.74, 6) is -1.36. The molecule has 0 aliphatic carbocycles. The van der Waals surface area contributed by atoms with Crippen LogP contribution in [0.15, 0.2) is 30.3 Å². The van der Waals surface area contributed by atoms with Crippen LogP contribution in [0.2, 0.25) is 0 Å². The number of nitrogens with one attached hydrogen (secondary N) is 1. The maximum atomic E-state index is 11.7. The highest BCUT2D eigenvalue weighted by molar-refractivity contribution is 7.90. The van der Waals surface area contributed by atoms with Gasteiger partial charge in [-0.3, -0.25) is 4.79 Å². The van der Waals surface area contributed by atoms with E-state index in [0.29, 0.717) is 6.42 Å². The number of nitriles is 1.